The summed E-state index contributed by atoms with van der Waals surface area (Å²) in [5.41, 5.74) is 0. The van der Waals surface area contributed by atoms with Gasteiger partial charge >= 0.3 is 7.82 Å². The summed E-state index contributed by atoms with van der Waals surface area (Å²) in [4.78, 5) is 26.6. The van der Waals surface area contributed by atoms with Gasteiger partial charge in [0.2, 0.25) is 0 Å². The topological polar surface area (TPSA) is 93.1 Å². The molecule has 0 saturated carbocycles. The van der Waals surface area contributed by atoms with Crippen molar-refractivity contribution >= 4 is 14.1 Å². The molecule has 0 aromatic carbocycles. The molecule has 1 unspecified atom stereocenters. The van der Waals surface area contributed by atoms with E-state index in [1.807, 2.05) is 0 Å². The van der Waals surface area contributed by atoms with Gasteiger partial charge in [0.15, 0.2) is 6.29 Å². The van der Waals surface area contributed by atoms with Crippen LogP contribution in [0.1, 0.15) is 6.92 Å². The van der Waals surface area contributed by atoms with Crippen molar-refractivity contribution in [3.05, 3.63) is 0 Å². The van der Waals surface area contributed by atoms with Crippen LogP contribution in [-0.4, -0.2) is 35.4 Å². The van der Waals surface area contributed by atoms with Gasteiger partial charge in [-0.15, -0.1) is 0 Å². The highest BCUT2D eigenvalue weighted by molar-refractivity contribution is 7.46. The first-order valence-electron chi connectivity index (χ1n) is 3.26. The molecule has 0 aromatic rings. The summed E-state index contributed by atoms with van der Waals surface area (Å²) in [7, 11) is -4.50. The highest BCUT2D eigenvalue weighted by Gasteiger charge is 2.17. The molecule has 2 N–H and O–H groups in total. The molecule has 0 radical (unpaired) electrons. The van der Waals surface area contributed by atoms with E-state index in [0.29, 0.717) is 6.29 Å². The number of aldehydes is 1. The molecule has 1 atom stereocenters. The van der Waals surface area contributed by atoms with Crippen molar-refractivity contribution < 1.29 is 28.4 Å². The maximum atomic E-state index is 10.2. The highest BCUT2D eigenvalue weighted by atomic mass is 31.2. The molecule has 72 valence electrons. The number of ether oxygens (including phenoxy) is 1. The van der Waals surface area contributed by atoms with Crippen molar-refractivity contribution in [1.29, 1.82) is 0 Å². The van der Waals surface area contributed by atoms with Crippen molar-refractivity contribution in [3.8, 4) is 0 Å². The predicted molar refractivity (Wildman–Crippen MR) is 39.5 cm³/mol. The Bertz CT molecular complexity index is 175. The molecule has 0 saturated heterocycles. The fourth-order valence-corrected chi connectivity index (χ4v) is 0.852. The Kier molecular flexibility index (Phi) is 5.28. The summed E-state index contributed by atoms with van der Waals surface area (Å²) < 4.78 is 19.0. The molecule has 0 spiro atoms. The minimum atomic E-state index is -4.50. The lowest BCUT2D eigenvalue weighted by Crippen LogP contribution is -2.20. The Labute approximate surface area is 69.7 Å². The van der Waals surface area contributed by atoms with Crippen LogP contribution < -0.4 is 0 Å². The minimum Gasteiger partial charge on any atom is -0.369 e. The average molecular weight is 198 g/mol. The summed E-state index contributed by atoms with van der Waals surface area (Å²) in [5.74, 6) is 0. The fourth-order valence-electron chi connectivity index (χ4n) is 0.511. The molecule has 7 heteroatoms. The Morgan fingerprint density at radius 2 is 2.17 bits per heavy atom. The van der Waals surface area contributed by atoms with Crippen LogP contribution in [0.25, 0.3) is 0 Å². The van der Waals surface area contributed by atoms with Gasteiger partial charge in [0, 0.05) is 6.61 Å². The van der Waals surface area contributed by atoms with Crippen molar-refractivity contribution in [3.63, 3.8) is 0 Å². The van der Waals surface area contributed by atoms with Gasteiger partial charge in [-0.3, -0.25) is 4.52 Å². The number of carbonyl (C=O) groups excluding carboxylic acids is 1. The van der Waals surface area contributed by atoms with Gasteiger partial charge in [-0.2, -0.15) is 0 Å². The zero-order valence-electron chi connectivity index (χ0n) is 6.54. The largest absolute Gasteiger partial charge is 0.469 e. The van der Waals surface area contributed by atoms with E-state index in [1.165, 1.54) is 0 Å². The summed E-state index contributed by atoms with van der Waals surface area (Å²) in [6.45, 7) is 1.52. The van der Waals surface area contributed by atoms with E-state index < -0.39 is 20.5 Å². The van der Waals surface area contributed by atoms with E-state index in [2.05, 4.69) is 4.52 Å². The van der Waals surface area contributed by atoms with E-state index >= 15 is 0 Å². The third kappa shape index (κ3) is 6.45. The number of carbonyl (C=O) groups is 1. The van der Waals surface area contributed by atoms with E-state index in [0.717, 1.165) is 0 Å². The molecule has 0 aliphatic carbocycles. The highest BCUT2D eigenvalue weighted by Crippen LogP contribution is 2.35. The van der Waals surface area contributed by atoms with Crippen LogP contribution in [0, 0.1) is 0 Å². The standard InChI is InChI=1S/C5H11O6P/c1-2-10-5(3-6)4-11-12(7,8)9/h3,5H,2,4H2,1H3,(H2,7,8,9). The number of hydrogen-bond donors (Lipinski definition) is 2. The second-order valence-electron chi connectivity index (χ2n) is 1.92. The van der Waals surface area contributed by atoms with Gasteiger partial charge in [-0.25, -0.2) is 4.57 Å². The van der Waals surface area contributed by atoms with E-state index in [1.54, 1.807) is 6.92 Å². The van der Waals surface area contributed by atoms with Crippen molar-refractivity contribution in [2.75, 3.05) is 13.2 Å². The summed E-state index contributed by atoms with van der Waals surface area (Å²) in [6, 6.07) is 0. The lowest BCUT2D eigenvalue weighted by Gasteiger charge is -2.10. The fraction of sp³-hybridized carbons (Fsp3) is 0.800. The molecule has 0 amide bonds. The molecule has 0 aromatic heterocycles. The Hall–Kier alpha value is -0.260. The summed E-state index contributed by atoms with van der Waals surface area (Å²) in [6.07, 6.45) is -0.485. The summed E-state index contributed by atoms with van der Waals surface area (Å²) >= 11 is 0. The van der Waals surface area contributed by atoms with E-state index in [4.69, 9.17) is 14.5 Å². The van der Waals surface area contributed by atoms with Crippen LogP contribution in [0.3, 0.4) is 0 Å². The quantitative estimate of drug-likeness (QED) is 0.449. The second-order valence-corrected chi connectivity index (χ2v) is 3.16. The molecule has 6 nitrogen and oxygen atoms in total. The van der Waals surface area contributed by atoms with Crippen LogP contribution in [0.5, 0.6) is 0 Å². The average Bonchev–Trinajstić information content (AvgIpc) is 1.96. The number of phosphoric ester groups is 1. The minimum absolute atomic E-state index is 0.286. The number of phosphoric acid groups is 1. The van der Waals surface area contributed by atoms with Crippen molar-refractivity contribution in [2.45, 2.75) is 13.0 Å². The van der Waals surface area contributed by atoms with Gasteiger partial charge in [0.1, 0.15) is 6.10 Å². The van der Waals surface area contributed by atoms with Gasteiger partial charge in [-0.1, -0.05) is 0 Å². The zero-order valence-corrected chi connectivity index (χ0v) is 7.44. The van der Waals surface area contributed by atoms with E-state index in [-0.39, 0.29) is 6.61 Å². The molecular weight excluding hydrogens is 187 g/mol. The molecular formula is C5H11O6P. The maximum absolute atomic E-state index is 10.2. The van der Waals surface area contributed by atoms with Crippen LogP contribution in [-0.2, 0) is 18.6 Å². The number of hydrogen-bond acceptors (Lipinski definition) is 4. The molecule has 12 heavy (non-hydrogen) atoms. The predicted octanol–water partition coefficient (Wildman–Crippen LogP) is -0.300. The lowest BCUT2D eigenvalue weighted by molar-refractivity contribution is -0.119. The SMILES string of the molecule is CCOC(C=O)COP(=O)(O)O. The first-order chi connectivity index (χ1) is 5.49. The zero-order chi connectivity index (χ0) is 9.61. The van der Waals surface area contributed by atoms with Crippen molar-refractivity contribution in [2.24, 2.45) is 0 Å². The first kappa shape index (κ1) is 11.7. The van der Waals surface area contributed by atoms with Gasteiger partial charge < -0.3 is 19.3 Å². The first-order valence-corrected chi connectivity index (χ1v) is 4.79. The molecule has 0 fully saturated rings. The Morgan fingerprint density at radius 3 is 2.50 bits per heavy atom. The molecule has 0 heterocycles. The van der Waals surface area contributed by atoms with E-state index in [9.17, 15) is 9.36 Å². The third-order valence-electron chi connectivity index (χ3n) is 0.940. The maximum Gasteiger partial charge on any atom is 0.469 e. The Morgan fingerprint density at radius 1 is 1.58 bits per heavy atom. The second kappa shape index (κ2) is 5.40. The van der Waals surface area contributed by atoms with Gasteiger partial charge in [0.25, 0.3) is 0 Å². The molecule has 0 aliphatic rings. The third-order valence-corrected chi connectivity index (χ3v) is 1.42. The molecule has 0 bridgehead atoms. The van der Waals surface area contributed by atoms with Crippen LogP contribution >= 0.6 is 7.82 Å². The van der Waals surface area contributed by atoms with Crippen LogP contribution in [0.2, 0.25) is 0 Å². The monoisotopic (exact) mass is 198 g/mol. The van der Waals surface area contributed by atoms with Crippen LogP contribution in [0.15, 0.2) is 0 Å². The summed E-state index contributed by atoms with van der Waals surface area (Å²) in [5, 5.41) is 0. The smallest absolute Gasteiger partial charge is 0.369 e. The Balaban J connectivity index is 3.72. The molecule has 0 aliphatic heterocycles. The van der Waals surface area contributed by atoms with Crippen LogP contribution in [0.4, 0.5) is 0 Å². The van der Waals surface area contributed by atoms with Gasteiger partial charge in [0.05, 0.1) is 6.61 Å². The number of rotatable bonds is 6. The van der Waals surface area contributed by atoms with Crippen molar-refractivity contribution in [1.82, 2.24) is 0 Å². The van der Waals surface area contributed by atoms with Gasteiger partial charge in [-0.05, 0) is 6.92 Å². The molecule has 0 rings (SSSR count). The normalized spacial score (nSPS) is 14.2. The lowest BCUT2D eigenvalue weighted by atomic mass is 10.4.